The van der Waals surface area contributed by atoms with Gasteiger partial charge in [0, 0.05) is 25.0 Å². The Morgan fingerprint density at radius 2 is 2.30 bits per heavy atom. The molecule has 0 unspecified atom stereocenters. The maximum atomic E-state index is 11.8. The zero-order chi connectivity index (χ0) is 14.5. The molecule has 0 aromatic carbocycles. The van der Waals surface area contributed by atoms with Gasteiger partial charge in [0.2, 0.25) is 0 Å². The SMILES string of the molecule is Cc1cccnc1CNC(=O)N[C@H](C)c1cnn(C)c1. The van der Waals surface area contributed by atoms with E-state index in [1.54, 1.807) is 17.1 Å². The third-order valence-electron chi connectivity index (χ3n) is 3.11. The Morgan fingerprint density at radius 1 is 1.50 bits per heavy atom. The fourth-order valence-electron chi connectivity index (χ4n) is 1.86. The molecule has 20 heavy (non-hydrogen) atoms. The van der Waals surface area contributed by atoms with E-state index in [1.807, 2.05) is 39.2 Å². The molecule has 0 aliphatic carbocycles. The predicted octanol–water partition coefficient (Wildman–Crippen LogP) is 1.68. The number of hydrogen-bond donors (Lipinski definition) is 2. The average Bonchev–Trinajstić information content (AvgIpc) is 2.84. The number of rotatable bonds is 4. The average molecular weight is 273 g/mol. The lowest BCUT2D eigenvalue weighted by Crippen LogP contribution is -2.36. The Kier molecular flexibility index (Phi) is 4.34. The summed E-state index contributed by atoms with van der Waals surface area (Å²) in [6.07, 6.45) is 5.35. The normalized spacial score (nSPS) is 11.9. The van der Waals surface area contributed by atoms with E-state index in [2.05, 4.69) is 20.7 Å². The molecule has 2 rings (SSSR count). The Labute approximate surface area is 118 Å². The summed E-state index contributed by atoms with van der Waals surface area (Å²) in [4.78, 5) is 16.1. The van der Waals surface area contributed by atoms with Gasteiger partial charge in [-0.05, 0) is 25.5 Å². The first-order valence-electron chi connectivity index (χ1n) is 6.49. The first-order chi connectivity index (χ1) is 9.56. The summed E-state index contributed by atoms with van der Waals surface area (Å²) >= 11 is 0. The molecular weight excluding hydrogens is 254 g/mol. The molecule has 6 heteroatoms. The van der Waals surface area contributed by atoms with E-state index in [0.717, 1.165) is 16.8 Å². The van der Waals surface area contributed by atoms with Crippen LogP contribution in [0.1, 0.15) is 29.8 Å². The van der Waals surface area contributed by atoms with E-state index in [9.17, 15) is 4.79 Å². The molecule has 2 aromatic rings. The molecule has 0 fully saturated rings. The van der Waals surface area contributed by atoms with Gasteiger partial charge in [0.15, 0.2) is 0 Å². The molecule has 2 heterocycles. The third-order valence-corrected chi connectivity index (χ3v) is 3.11. The van der Waals surface area contributed by atoms with Crippen LogP contribution in [0.15, 0.2) is 30.7 Å². The van der Waals surface area contributed by atoms with Crippen LogP contribution in [0, 0.1) is 6.92 Å². The van der Waals surface area contributed by atoms with E-state index in [1.165, 1.54) is 0 Å². The van der Waals surface area contributed by atoms with Gasteiger partial charge < -0.3 is 10.6 Å². The quantitative estimate of drug-likeness (QED) is 0.890. The van der Waals surface area contributed by atoms with Crippen molar-refractivity contribution < 1.29 is 4.79 Å². The van der Waals surface area contributed by atoms with Gasteiger partial charge >= 0.3 is 6.03 Å². The van der Waals surface area contributed by atoms with Crippen LogP contribution in [0.3, 0.4) is 0 Å². The number of pyridine rings is 1. The van der Waals surface area contributed by atoms with Gasteiger partial charge in [0.25, 0.3) is 0 Å². The summed E-state index contributed by atoms with van der Waals surface area (Å²) in [6, 6.07) is 3.55. The summed E-state index contributed by atoms with van der Waals surface area (Å²) in [6.45, 7) is 4.31. The maximum Gasteiger partial charge on any atom is 0.315 e. The highest BCUT2D eigenvalue weighted by molar-refractivity contribution is 5.74. The number of carbonyl (C=O) groups excluding carboxylic acids is 1. The van der Waals surface area contributed by atoms with Crippen molar-refractivity contribution in [2.45, 2.75) is 26.4 Å². The lowest BCUT2D eigenvalue weighted by atomic mass is 10.2. The van der Waals surface area contributed by atoms with Crippen LogP contribution < -0.4 is 10.6 Å². The van der Waals surface area contributed by atoms with Gasteiger partial charge in [-0.3, -0.25) is 9.67 Å². The van der Waals surface area contributed by atoms with E-state index >= 15 is 0 Å². The minimum Gasteiger partial charge on any atom is -0.332 e. The largest absolute Gasteiger partial charge is 0.332 e. The Morgan fingerprint density at radius 3 is 2.95 bits per heavy atom. The van der Waals surface area contributed by atoms with Gasteiger partial charge in [-0.2, -0.15) is 5.10 Å². The minimum absolute atomic E-state index is 0.0893. The second-order valence-corrected chi connectivity index (χ2v) is 4.76. The number of aryl methyl sites for hydroxylation is 2. The zero-order valence-corrected chi connectivity index (χ0v) is 11.9. The van der Waals surface area contributed by atoms with Crippen LogP contribution in [0.4, 0.5) is 4.79 Å². The second kappa shape index (κ2) is 6.18. The number of amides is 2. The molecule has 0 radical (unpaired) electrons. The number of carbonyl (C=O) groups is 1. The predicted molar refractivity (Wildman–Crippen MR) is 76.0 cm³/mol. The molecule has 0 aliphatic heterocycles. The third kappa shape index (κ3) is 3.57. The Bertz CT molecular complexity index is 593. The standard InChI is InChI=1S/C14H19N5O/c1-10-5-4-6-15-13(10)8-16-14(20)18-11(2)12-7-17-19(3)9-12/h4-7,9,11H,8H2,1-3H3,(H2,16,18,20)/t11-/m1/s1. The number of urea groups is 1. The number of nitrogens with one attached hydrogen (secondary N) is 2. The van der Waals surface area contributed by atoms with Crippen LogP contribution in [0.2, 0.25) is 0 Å². The molecule has 2 aromatic heterocycles. The van der Waals surface area contributed by atoms with E-state index < -0.39 is 0 Å². The molecule has 0 saturated carbocycles. The highest BCUT2D eigenvalue weighted by Gasteiger charge is 2.11. The van der Waals surface area contributed by atoms with Crippen LogP contribution >= 0.6 is 0 Å². The molecule has 6 nitrogen and oxygen atoms in total. The molecule has 0 aliphatic rings. The Balaban J connectivity index is 1.85. The lowest BCUT2D eigenvalue weighted by molar-refractivity contribution is 0.237. The van der Waals surface area contributed by atoms with Crippen molar-refractivity contribution in [2.75, 3.05) is 0 Å². The maximum absolute atomic E-state index is 11.8. The molecule has 106 valence electrons. The second-order valence-electron chi connectivity index (χ2n) is 4.76. The molecule has 2 amide bonds. The number of nitrogens with zero attached hydrogens (tertiary/aromatic N) is 3. The van der Waals surface area contributed by atoms with E-state index in [4.69, 9.17) is 0 Å². The van der Waals surface area contributed by atoms with E-state index in [-0.39, 0.29) is 12.1 Å². The Hall–Kier alpha value is -2.37. The molecule has 0 saturated heterocycles. The molecule has 0 spiro atoms. The van der Waals surface area contributed by atoms with Crippen LogP contribution in [-0.4, -0.2) is 20.8 Å². The molecule has 1 atom stereocenters. The van der Waals surface area contributed by atoms with Crippen molar-refractivity contribution in [1.29, 1.82) is 0 Å². The van der Waals surface area contributed by atoms with Gasteiger partial charge in [-0.25, -0.2) is 4.79 Å². The van der Waals surface area contributed by atoms with Gasteiger partial charge in [0.1, 0.15) is 0 Å². The van der Waals surface area contributed by atoms with Gasteiger partial charge in [0.05, 0.1) is 24.5 Å². The highest BCUT2D eigenvalue weighted by atomic mass is 16.2. The summed E-state index contributed by atoms with van der Waals surface area (Å²) in [5, 5.41) is 9.76. The zero-order valence-electron chi connectivity index (χ0n) is 11.9. The smallest absolute Gasteiger partial charge is 0.315 e. The fraction of sp³-hybridized carbons (Fsp3) is 0.357. The van der Waals surface area contributed by atoms with Crippen molar-refractivity contribution >= 4 is 6.03 Å². The summed E-state index contributed by atoms with van der Waals surface area (Å²) < 4.78 is 1.71. The van der Waals surface area contributed by atoms with Crippen molar-refractivity contribution in [1.82, 2.24) is 25.4 Å². The first kappa shape index (κ1) is 14.0. The van der Waals surface area contributed by atoms with Gasteiger partial charge in [-0.1, -0.05) is 6.07 Å². The lowest BCUT2D eigenvalue weighted by Gasteiger charge is -2.13. The number of aromatic nitrogens is 3. The summed E-state index contributed by atoms with van der Waals surface area (Å²) in [5.41, 5.74) is 2.90. The topological polar surface area (TPSA) is 71.8 Å². The summed E-state index contributed by atoms with van der Waals surface area (Å²) in [7, 11) is 1.85. The number of hydrogen-bond acceptors (Lipinski definition) is 3. The van der Waals surface area contributed by atoms with E-state index in [0.29, 0.717) is 6.54 Å². The van der Waals surface area contributed by atoms with Crippen molar-refractivity contribution in [2.24, 2.45) is 7.05 Å². The van der Waals surface area contributed by atoms with Gasteiger partial charge in [-0.15, -0.1) is 0 Å². The molecule has 2 N–H and O–H groups in total. The first-order valence-corrected chi connectivity index (χ1v) is 6.49. The van der Waals surface area contributed by atoms with Crippen LogP contribution in [0.5, 0.6) is 0 Å². The monoisotopic (exact) mass is 273 g/mol. The van der Waals surface area contributed by atoms with Crippen LogP contribution in [0.25, 0.3) is 0 Å². The fourth-order valence-corrected chi connectivity index (χ4v) is 1.86. The van der Waals surface area contributed by atoms with Crippen molar-refractivity contribution in [3.05, 3.63) is 47.5 Å². The molecular formula is C14H19N5O. The van der Waals surface area contributed by atoms with Crippen molar-refractivity contribution in [3.8, 4) is 0 Å². The van der Waals surface area contributed by atoms with Crippen molar-refractivity contribution in [3.63, 3.8) is 0 Å². The van der Waals surface area contributed by atoms with Crippen LogP contribution in [-0.2, 0) is 13.6 Å². The molecule has 0 bridgehead atoms. The minimum atomic E-state index is -0.216. The highest BCUT2D eigenvalue weighted by Crippen LogP contribution is 2.09. The summed E-state index contributed by atoms with van der Waals surface area (Å²) in [5.74, 6) is 0.